The highest BCUT2D eigenvalue weighted by molar-refractivity contribution is 5.68. The van der Waals surface area contributed by atoms with E-state index < -0.39 is 0 Å². The number of aliphatic hydroxyl groups is 1. The number of nitrogens with zero attached hydrogens (tertiary/aromatic N) is 1. The van der Waals surface area contributed by atoms with E-state index in [4.69, 9.17) is 19.3 Å². The van der Waals surface area contributed by atoms with E-state index in [1.165, 1.54) is 0 Å². The molecule has 0 amide bonds. The molecule has 5 nitrogen and oxygen atoms in total. The zero-order valence-corrected chi connectivity index (χ0v) is 11.7. The quantitative estimate of drug-likeness (QED) is 0.907. The Bertz CT molecular complexity index is 556. The second-order valence-corrected chi connectivity index (χ2v) is 4.12. The summed E-state index contributed by atoms with van der Waals surface area (Å²) in [5.74, 6) is 1.70. The lowest BCUT2D eigenvalue weighted by Gasteiger charge is -2.14. The van der Waals surface area contributed by atoms with Crippen LogP contribution >= 0.6 is 0 Å². The molecule has 106 valence electrons. The van der Waals surface area contributed by atoms with Gasteiger partial charge in [0.05, 0.1) is 33.6 Å². The molecule has 0 atom stereocenters. The van der Waals surface area contributed by atoms with Crippen LogP contribution in [-0.2, 0) is 6.61 Å². The number of aromatic nitrogens is 1. The van der Waals surface area contributed by atoms with Gasteiger partial charge in [-0.3, -0.25) is 4.98 Å². The van der Waals surface area contributed by atoms with E-state index in [9.17, 15) is 0 Å². The molecule has 0 radical (unpaired) electrons. The first-order valence-electron chi connectivity index (χ1n) is 6.09. The minimum absolute atomic E-state index is 0.0253. The van der Waals surface area contributed by atoms with Crippen LogP contribution in [0.3, 0.4) is 0 Å². The van der Waals surface area contributed by atoms with E-state index in [1.807, 2.05) is 24.3 Å². The van der Waals surface area contributed by atoms with Crippen molar-refractivity contribution in [3.63, 3.8) is 0 Å². The van der Waals surface area contributed by atoms with E-state index in [1.54, 1.807) is 27.5 Å². The molecule has 0 spiro atoms. The normalized spacial score (nSPS) is 10.2. The summed E-state index contributed by atoms with van der Waals surface area (Å²) in [5, 5.41) is 9.04. The van der Waals surface area contributed by atoms with E-state index >= 15 is 0 Å². The van der Waals surface area contributed by atoms with Gasteiger partial charge in [-0.05, 0) is 23.8 Å². The highest BCUT2D eigenvalue weighted by Crippen LogP contribution is 2.40. The average molecular weight is 275 g/mol. The Morgan fingerprint density at radius 3 is 2.05 bits per heavy atom. The van der Waals surface area contributed by atoms with Gasteiger partial charge in [0.25, 0.3) is 0 Å². The van der Waals surface area contributed by atoms with E-state index in [2.05, 4.69) is 4.98 Å². The lowest BCUT2D eigenvalue weighted by atomic mass is 10.1. The predicted molar refractivity (Wildman–Crippen MR) is 75.3 cm³/mol. The molecule has 20 heavy (non-hydrogen) atoms. The number of hydrogen-bond acceptors (Lipinski definition) is 5. The van der Waals surface area contributed by atoms with Crippen LogP contribution in [0.2, 0.25) is 0 Å². The van der Waals surface area contributed by atoms with Gasteiger partial charge in [-0.15, -0.1) is 0 Å². The van der Waals surface area contributed by atoms with Crippen LogP contribution in [0.4, 0.5) is 0 Å². The number of hydrogen-bond donors (Lipinski definition) is 1. The molecule has 1 N–H and O–H groups in total. The zero-order valence-electron chi connectivity index (χ0n) is 11.7. The average Bonchev–Trinajstić information content (AvgIpc) is 2.53. The zero-order chi connectivity index (χ0) is 14.5. The summed E-state index contributed by atoms with van der Waals surface area (Å²) in [6.07, 6.45) is 1.64. The minimum atomic E-state index is -0.0253. The van der Waals surface area contributed by atoms with Gasteiger partial charge in [-0.25, -0.2) is 0 Å². The lowest BCUT2D eigenvalue weighted by molar-refractivity contribution is 0.281. The highest BCUT2D eigenvalue weighted by Gasteiger charge is 2.14. The first kappa shape index (κ1) is 14.1. The smallest absolute Gasteiger partial charge is 0.203 e. The monoisotopic (exact) mass is 275 g/mol. The van der Waals surface area contributed by atoms with Gasteiger partial charge in [0.1, 0.15) is 0 Å². The lowest BCUT2D eigenvalue weighted by Crippen LogP contribution is -1.96. The molecule has 1 heterocycles. The Kier molecular flexibility index (Phi) is 4.42. The number of pyridine rings is 1. The van der Waals surface area contributed by atoms with Crippen molar-refractivity contribution >= 4 is 0 Å². The van der Waals surface area contributed by atoms with Crippen LogP contribution < -0.4 is 14.2 Å². The summed E-state index contributed by atoms with van der Waals surface area (Å²) in [5.41, 5.74) is 2.38. The van der Waals surface area contributed by atoms with Crippen LogP contribution in [-0.4, -0.2) is 31.4 Å². The van der Waals surface area contributed by atoms with E-state index in [-0.39, 0.29) is 6.61 Å². The molecule has 0 aliphatic rings. The Morgan fingerprint density at radius 2 is 1.65 bits per heavy atom. The summed E-state index contributed by atoms with van der Waals surface area (Å²) in [6, 6.07) is 7.34. The van der Waals surface area contributed by atoms with Crippen LogP contribution in [0, 0.1) is 0 Å². The summed E-state index contributed by atoms with van der Waals surface area (Å²) >= 11 is 0. The van der Waals surface area contributed by atoms with Gasteiger partial charge < -0.3 is 19.3 Å². The minimum Gasteiger partial charge on any atom is -0.493 e. The number of methoxy groups -OCH3 is 3. The molecule has 2 rings (SSSR count). The van der Waals surface area contributed by atoms with Crippen LogP contribution in [0.5, 0.6) is 17.2 Å². The summed E-state index contributed by atoms with van der Waals surface area (Å²) in [6.45, 7) is -0.0253. The van der Waals surface area contributed by atoms with Gasteiger partial charge in [0, 0.05) is 11.8 Å². The standard InChI is InChI=1S/C15H17NO4/c1-18-13-6-11(7-14(19-2)15(13)20-3)12-5-4-10(9-17)8-16-12/h4-8,17H,9H2,1-3H3. The van der Waals surface area contributed by atoms with Crippen molar-refractivity contribution in [2.24, 2.45) is 0 Å². The summed E-state index contributed by atoms with van der Waals surface area (Å²) in [7, 11) is 4.71. The highest BCUT2D eigenvalue weighted by atomic mass is 16.5. The molecule has 0 aliphatic heterocycles. The van der Waals surface area contributed by atoms with Crippen molar-refractivity contribution in [1.29, 1.82) is 0 Å². The van der Waals surface area contributed by atoms with Crippen LogP contribution in [0.1, 0.15) is 5.56 Å². The first-order valence-corrected chi connectivity index (χ1v) is 6.09. The molecular formula is C15H17NO4. The van der Waals surface area contributed by atoms with Crippen molar-refractivity contribution in [3.8, 4) is 28.5 Å². The molecule has 0 fully saturated rings. The van der Waals surface area contributed by atoms with E-state index in [0.29, 0.717) is 17.2 Å². The van der Waals surface area contributed by atoms with Crippen molar-refractivity contribution < 1.29 is 19.3 Å². The molecule has 0 bridgehead atoms. The number of benzene rings is 1. The second kappa shape index (κ2) is 6.25. The number of aliphatic hydroxyl groups excluding tert-OH is 1. The third-order valence-corrected chi connectivity index (χ3v) is 2.97. The molecular weight excluding hydrogens is 258 g/mol. The second-order valence-electron chi connectivity index (χ2n) is 4.12. The molecule has 2 aromatic rings. The topological polar surface area (TPSA) is 60.8 Å². The van der Waals surface area contributed by atoms with Gasteiger partial charge >= 0.3 is 0 Å². The van der Waals surface area contributed by atoms with Gasteiger partial charge in [-0.2, -0.15) is 0 Å². The molecule has 0 aliphatic carbocycles. The Hall–Kier alpha value is -2.27. The molecule has 0 saturated heterocycles. The van der Waals surface area contributed by atoms with Gasteiger partial charge in [-0.1, -0.05) is 6.07 Å². The maximum absolute atomic E-state index is 9.04. The fourth-order valence-electron chi connectivity index (χ4n) is 1.92. The molecule has 1 aromatic heterocycles. The Labute approximate surface area is 117 Å². The Balaban J connectivity index is 2.50. The first-order chi connectivity index (χ1) is 9.73. The largest absolute Gasteiger partial charge is 0.493 e. The third kappa shape index (κ3) is 2.67. The molecule has 1 aromatic carbocycles. The van der Waals surface area contributed by atoms with Crippen LogP contribution in [0.15, 0.2) is 30.5 Å². The summed E-state index contributed by atoms with van der Waals surface area (Å²) in [4.78, 5) is 4.31. The van der Waals surface area contributed by atoms with Crippen LogP contribution in [0.25, 0.3) is 11.3 Å². The van der Waals surface area contributed by atoms with Gasteiger partial charge in [0.2, 0.25) is 5.75 Å². The van der Waals surface area contributed by atoms with Crippen molar-refractivity contribution in [1.82, 2.24) is 4.98 Å². The number of ether oxygens (including phenoxy) is 3. The Morgan fingerprint density at radius 1 is 1.00 bits per heavy atom. The SMILES string of the molecule is COc1cc(-c2ccc(CO)cn2)cc(OC)c1OC. The number of rotatable bonds is 5. The maximum atomic E-state index is 9.04. The fourth-order valence-corrected chi connectivity index (χ4v) is 1.92. The third-order valence-electron chi connectivity index (χ3n) is 2.97. The predicted octanol–water partition coefficient (Wildman–Crippen LogP) is 2.27. The van der Waals surface area contributed by atoms with Crippen molar-refractivity contribution in [2.75, 3.05) is 21.3 Å². The summed E-state index contributed by atoms with van der Waals surface area (Å²) < 4.78 is 15.9. The molecule has 0 unspecified atom stereocenters. The maximum Gasteiger partial charge on any atom is 0.203 e. The van der Waals surface area contributed by atoms with Gasteiger partial charge in [0.15, 0.2) is 11.5 Å². The van der Waals surface area contributed by atoms with E-state index in [0.717, 1.165) is 16.8 Å². The fraction of sp³-hybridized carbons (Fsp3) is 0.267. The van der Waals surface area contributed by atoms with Crippen molar-refractivity contribution in [2.45, 2.75) is 6.61 Å². The molecule has 0 saturated carbocycles. The van der Waals surface area contributed by atoms with Crippen molar-refractivity contribution in [3.05, 3.63) is 36.0 Å². The molecule has 5 heteroatoms.